The van der Waals surface area contributed by atoms with Gasteiger partial charge in [0, 0.05) is 19.0 Å². The molecule has 0 aliphatic carbocycles. The minimum atomic E-state index is 0.104. The Labute approximate surface area is 75.1 Å². The quantitative estimate of drug-likeness (QED) is 0.677. The molecule has 2 unspecified atom stereocenters. The van der Waals surface area contributed by atoms with Crippen LogP contribution >= 0.6 is 0 Å². The van der Waals surface area contributed by atoms with E-state index in [0.29, 0.717) is 6.04 Å². The first-order valence-corrected chi connectivity index (χ1v) is 4.37. The van der Waals surface area contributed by atoms with Crippen molar-refractivity contribution in [2.75, 3.05) is 21.1 Å². The molecule has 0 spiro atoms. The number of carbonyl (C=O) groups is 1. The summed E-state index contributed by atoms with van der Waals surface area (Å²) in [4.78, 5) is 13.3. The molecule has 0 saturated carbocycles. The van der Waals surface area contributed by atoms with Crippen LogP contribution < -0.4 is 5.32 Å². The van der Waals surface area contributed by atoms with E-state index in [1.807, 2.05) is 21.0 Å². The van der Waals surface area contributed by atoms with Crippen molar-refractivity contribution in [1.82, 2.24) is 10.2 Å². The van der Waals surface area contributed by atoms with Crippen molar-refractivity contribution < 1.29 is 4.79 Å². The van der Waals surface area contributed by atoms with Crippen LogP contribution in [0.5, 0.6) is 0 Å². The summed E-state index contributed by atoms with van der Waals surface area (Å²) in [7, 11) is 5.74. The van der Waals surface area contributed by atoms with Crippen LogP contribution in [0.2, 0.25) is 0 Å². The molecule has 0 saturated heterocycles. The molecule has 0 fully saturated rings. The lowest BCUT2D eigenvalue weighted by Crippen LogP contribution is -2.32. The molecule has 0 bridgehead atoms. The Morgan fingerprint density at radius 1 is 1.42 bits per heavy atom. The van der Waals surface area contributed by atoms with Crippen molar-refractivity contribution in [2.45, 2.75) is 26.3 Å². The van der Waals surface area contributed by atoms with Gasteiger partial charge in [0.15, 0.2) is 0 Å². The van der Waals surface area contributed by atoms with Gasteiger partial charge in [0.25, 0.3) is 0 Å². The molecule has 0 aliphatic rings. The molecule has 0 aliphatic heterocycles. The second kappa shape index (κ2) is 5.14. The van der Waals surface area contributed by atoms with E-state index in [1.54, 1.807) is 7.05 Å². The van der Waals surface area contributed by atoms with E-state index in [1.165, 1.54) is 0 Å². The van der Waals surface area contributed by atoms with Crippen LogP contribution in [0.4, 0.5) is 0 Å². The highest BCUT2D eigenvalue weighted by Crippen LogP contribution is 2.08. The molecule has 72 valence electrons. The Bertz CT molecular complexity index is 145. The Morgan fingerprint density at radius 3 is 2.25 bits per heavy atom. The molecule has 3 heteroatoms. The van der Waals surface area contributed by atoms with Crippen LogP contribution in [0.25, 0.3) is 0 Å². The van der Waals surface area contributed by atoms with Crippen molar-refractivity contribution >= 4 is 5.91 Å². The fourth-order valence-corrected chi connectivity index (χ4v) is 1.08. The molecule has 2 atom stereocenters. The highest BCUT2D eigenvalue weighted by Gasteiger charge is 2.15. The summed E-state index contributed by atoms with van der Waals surface area (Å²) in [6, 6.07) is 0.456. The molecule has 0 heterocycles. The monoisotopic (exact) mass is 172 g/mol. The van der Waals surface area contributed by atoms with Crippen molar-refractivity contribution in [3.8, 4) is 0 Å². The minimum Gasteiger partial charge on any atom is -0.359 e. The fraction of sp³-hybridized carbons (Fsp3) is 0.889. The Hall–Kier alpha value is -0.570. The van der Waals surface area contributed by atoms with E-state index in [2.05, 4.69) is 17.1 Å². The first-order valence-electron chi connectivity index (χ1n) is 4.37. The lowest BCUT2D eigenvalue weighted by atomic mass is 10.0. The van der Waals surface area contributed by atoms with Crippen LogP contribution in [-0.4, -0.2) is 38.0 Å². The third-order valence-corrected chi connectivity index (χ3v) is 2.27. The van der Waals surface area contributed by atoms with Gasteiger partial charge in [0.05, 0.1) is 0 Å². The summed E-state index contributed by atoms with van der Waals surface area (Å²) in [6.07, 6.45) is 0.909. The van der Waals surface area contributed by atoms with Crippen molar-refractivity contribution in [2.24, 2.45) is 5.92 Å². The zero-order chi connectivity index (χ0) is 9.72. The first-order chi connectivity index (χ1) is 5.49. The lowest BCUT2D eigenvalue weighted by molar-refractivity contribution is -0.124. The molecule has 12 heavy (non-hydrogen) atoms. The Balaban J connectivity index is 3.83. The van der Waals surface area contributed by atoms with E-state index in [4.69, 9.17) is 0 Å². The summed E-state index contributed by atoms with van der Waals surface area (Å²) >= 11 is 0. The maximum absolute atomic E-state index is 11.1. The van der Waals surface area contributed by atoms with E-state index in [0.717, 1.165) is 6.42 Å². The summed E-state index contributed by atoms with van der Waals surface area (Å²) in [5, 5.41) is 2.65. The van der Waals surface area contributed by atoms with Gasteiger partial charge in [-0.05, 0) is 27.4 Å². The predicted octanol–water partition coefficient (Wildman–Crippen LogP) is 0.709. The molecule has 3 nitrogen and oxygen atoms in total. The molecular weight excluding hydrogens is 152 g/mol. The third-order valence-electron chi connectivity index (χ3n) is 2.27. The second-order valence-corrected chi connectivity index (χ2v) is 3.56. The third kappa shape index (κ3) is 3.72. The van der Waals surface area contributed by atoms with Crippen molar-refractivity contribution in [3.63, 3.8) is 0 Å². The lowest BCUT2D eigenvalue weighted by Gasteiger charge is -2.22. The van der Waals surface area contributed by atoms with Gasteiger partial charge >= 0.3 is 0 Å². The SMILES string of the molecule is CNC(=O)C(C)CC(C)N(C)C. The topological polar surface area (TPSA) is 32.3 Å². The average Bonchev–Trinajstić information content (AvgIpc) is 2.02. The number of amides is 1. The molecule has 1 N–H and O–H groups in total. The first kappa shape index (κ1) is 11.4. The van der Waals surface area contributed by atoms with Gasteiger partial charge in [0.2, 0.25) is 5.91 Å². The summed E-state index contributed by atoms with van der Waals surface area (Å²) in [6.45, 7) is 4.08. The van der Waals surface area contributed by atoms with Gasteiger partial charge in [-0.15, -0.1) is 0 Å². The van der Waals surface area contributed by atoms with Gasteiger partial charge in [-0.3, -0.25) is 4.79 Å². The number of hydrogen-bond acceptors (Lipinski definition) is 2. The van der Waals surface area contributed by atoms with Crippen molar-refractivity contribution in [3.05, 3.63) is 0 Å². The van der Waals surface area contributed by atoms with Gasteiger partial charge in [-0.1, -0.05) is 6.92 Å². The summed E-state index contributed by atoms with van der Waals surface area (Å²) in [5.74, 6) is 0.232. The van der Waals surface area contributed by atoms with Crippen LogP contribution in [0, 0.1) is 5.92 Å². The van der Waals surface area contributed by atoms with Gasteiger partial charge in [0.1, 0.15) is 0 Å². The zero-order valence-corrected chi connectivity index (χ0v) is 8.72. The largest absolute Gasteiger partial charge is 0.359 e. The molecule has 0 aromatic heterocycles. The average molecular weight is 172 g/mol. The zero-order valence-electron chi connectivity index (χ0n) is 8.72. The van der Waals surface area contributed by atoms with Crippen LogP contribution in [0.3, 0.4) is 0 Å². The highest BCUT2D eigenvalue weighted by molar-refractivity contribution is 5.77. The predicted molar refractivity (Wildman–Crippen MR) is 51.0 cm³/mol. The normalized spacial score (nSPS) is 15.8. The molecule has 0 radical (unpaired) electrons. The van der Waals surface area contributed by atoms with E-state index in [-0.39, 0.29) is 11.8 Å². The smallest absolute Gasteiger partial charge is 0.222 e. The Morgan fingerprint density at radius 2 is 1.92 bits per heavy atom. The number of hydrogen-bond donors (Lipinski definition) is 1. The van der Waals surface area contributed by atoms with Crippen LogP contribution in [-0.2, 0) is 4.79 Å². The molecule has 0 aromatic carbocycles. The van der Waals surface area contributed by atoms with E-state index in [9.17, 15) is 4.79 Å². The number of carbonyl (C=O) groups excluding carboxylic acids is 1. The number of nitrogens with one attached hydrogen (secondary N) is 1. The van der Waals surface area contributed by atoms with Crippen molar-refractivity contribution in [1.29, 1.82) is 0 Å². The highest BCUT2D eigenvalue weighted by atomic mass is 16.1. The van der Waals surface area contributed by atoms with E-state index < -0.39 is 0 Å². The summed E-state index contributed by atoms with van der Waals surface area (Å²) < 4.78 is 0. The number of nitrogens with zero attached hydrogens (tertiary/aromatic N) is 1. The standard InChI is InChI=1S/C9H20N2O/c1-7(9(12)10-3)6-8(2)11(4)5/h7-8H,6H2,1-5H3,(H,10,12). The van der Waals surface area contributed by atoms with Gasteiger partial charge < -0.3 is 10.2 Å². The maximum atomic E-state index is 11.1. The second-order valence-electron chi connectivity index (χ2n) is 3.56. The van der Waals surface area contributed by atoms with Gasteiger partial charge in [-0.25, -0.2) is 0 Å². The van der Waals surface area contributed by atoms with Gasteiger partial charge in [-0.2, -0.15) is 0 Å². The minimum absolute atomic E-state index is 0.104. The van der Waals surface area contributed by atoms with E-state index >= 15 is 0 Å². The molecule has 0 aromatic rings. The molecule has 1 amide bonds. The van der Waals surface area contributed by atoms with Crippen LogP contribution in [0.15, 0.2) is 0 Å². The molecule has 0 rings (SSSR count). The maximum Gasteiger partial charge on any atom is 0.222 e. The summed E-state index contributed by atoms with van der Waals surface area (Å²) in [5.41, 5.74) is 0. The fourth-order valence-electron chi connectivity index (χ4n) is 1.08. The number of rotatable bonds is 4. The Kier molecular flexibility index (Phi) is 4.90. The van der Waals surface area contributed by atoms with Crippen LogP contribution in [0.1, 0.15) is 20.3 Å². The molecular formula is C9H20N2O.